The van der Waals surface area contributed by atoms with Gasteiger partial charge in [-0.25, -0.2) is 4.68 Å². The van der Waals surface area contributed by atoms with E-state index in [1.165, 1.54) is 19.1 Å². The van der Waals surface area contributed by atoms with Gasteiger partial charge in [-0.2, -0.15) is 5.10 Å². The first-order valence-corrected chi connectivity index (χ1v) is 10.7. The molecule has 0 bridgehead atoms. The predicted octanol–water partition coefficient (Wildman–Crippen LogP) is 3.07. The number of Topliss-reactive ketones (excluding diaryl/α,β-unsaturated/α-hetero) is 1. The van der Waals surface area contributed by atoms with Gasteiger partial charge in [0.1, 0.15) is 5.69 Å². The van der Waals surface area contributed by atoms with Gasteiger partial charge in [0.2, 0.25) is 5.91 Å². The van der Waals surface area contributed by atoms with Gasteiger partial charge < -0.3 is 10.2 Å². The van der Waals surface area contributed by atoms with Crippen LogP contribution in [0.1, 0.15) is 46.7 Å². The zero-order chi connectivity index (χ0) is 23.5. The minimum absolute atomic E-state index is 0.0161. The second-order valence-electron chi connectivity index (χ2n) is 8.07. The first kappa shape index (κ1) is 22.1. The van der Waals surface area contributed by atoms with E-state index < -0.39 is 5.56 Å². The minimum atomic E-state index is -0.396. The molecule has 168 valence electrons. The average Bonchev–Trinajstić information content (AvgIpc) is 3.13. The minimum Gasteiger partial charge on any atom is -0.326 e. The van der Waals surface area contributed by atoms with Crippen LogP contribution in [0.5, 0.6) is 0 Å². The van der Waals surface area contributed by atoms with Crippen molar-refractivity contribution < 1.29 is 14.4 Å². The quantitative estimate of drug-likeness (QED) is 0.589. The molecule has 33 heavy (non-hydrogen) atoms. The molecule has 0 saturated carbocycles. The van der Waals surface area contributed by atoms with E-state index in [1.54, 1.807) is 29.2 Å². The van der Waals surface area contributed by atoms with Crippen LogP contribution in [0.15, 0.2) is 65.5 Å². The molecule has 1 unspecified atom stereocenters. The fraction of sp³-hybridized carbons (Fsp3) is 0.240. The van der Waals surface area contributed by atoms with E-state index in [4.69, 9.17) is 0 Å². The van der Waals surface area contributed by atoms with Crippen LogP contribution in [0.4, 0.5) is 11.4 Å². The highest BCUT2D eigenvalue weighted by Crippen LogP contribution is 2.32. The van der Waals surface area contributed by atoms with Gasteiger partial charge in [0.25, 0.3) is 11.5 Å². The predicted molar refractivity (Wildman–Crippen MR) is 125 cm³/mol. The maximum atomic E-state index is 13.2. The van der Waals surface area contributed by atoms with E-state index in [0.717, 1.165) is 22.4 Å². The highest BCUT2D eigenvalue weighted by Gasteiger charge is 2.32. The van der Waals surface area contributed by atoms with E-state index >= 15 is 0 Å². The van der Waals surface area contributed by atoms with Crippen LogP contribution in [-0.2, 0) is 17.8 Å². The van der Waals surface area contributed by atoms with Crippen LogP contribution in [0.2, 0.25) is 0 Å². The highest BCUT2D eigenvalue weighted by atomic mass is 16.2. The summed E-state index contributed by atoms with van der Waals surface area (Å²) in [6, 6.07) is 17.1. The molecule has 1 aliphatic rings. The van der Waals surface area contributed by atoms with Crippen molar-refractivity contribution in [2.75, 3.05) is 10.2 Å². The summed E-state index contributed by atoms with van der Waals surface area (Å²) in [5, 5.41) is 6.95. The third-order valence-electron chi connectivity index (χ3n) is 5.62. The maximum Gasteiger partial charge on any atom is 0.278 e. The molecule has 0 fully saturated rings. The van der Waals surface area contributed by atoms with Crippen molar-refractivity contribution in [1.82, 2.24) is 9.78 Å². The number of nitrogens with one attached hydrogen (secondary N) is 1. The van der Waals surface area contributed by atoms with Crippen molar-refractivity contribution in [1.29, 1.82) is 0 Å². The Balaban J connectivity index is 1.46. The van der Waals surface area contributed by atoms with Gasteiger partial charge in [-0.15, -0.1) is 0 Å². The molecule has 1 N–H and O–H groups in total. The fourth-order valence-electron chi connectivity index (χ4n) is 3.97. The molecule has 4 rings (SSSR count). The Labute approximate surface area is 190 Å². The average molecular weight is 444 g/mol. The van der Waals surface area contributed by atoms with Gasteiger partial charge in [0.15, 0.2) is 5.78 Å². The summed E-state index contributed by atoms with van der Waals surface area (Å²) in [7, 11) is 0. The summed E-state index contributed by atoms with van der Waals surface area (Å²) in [5.74, 6) is -0.715. The second-order valence-corrected chi connectivity index (χ2v) is 8.07. The van der Waals surface area contributed by atoms with Crippen LogP contribution >= 0.6 is 0 Å². The smallest absolute Gasteiger partial charge is 0.278 e. The number of hydrogen-bond donors (Lipinski definition) is 1. The lowest BCUT2D eigenvalue weighted by Crippen LogP contribution is -2.37. The SMILES string of the molecule is CC(=O)c1cccc(NC(=O)CCn2nc(C(=O)N3c4ccccc4CC3C)ccc2=O)c1. The normalized spacial score (nSPS) is 14.6. The van der Waals surface area contributed by atoms with Gasteiger partial charge in [0.05, 0.1) is 6.54 Å². The van der Waals surface area contributed by atoms with Gasteiger partial charge in [-0.05, 0) is 50.1 Å². The number of rotatable bonds is 6. The summed E-state index contributed by atoms with van der Waals surface area (Å²) in [5.41, 5.74) is 2.69. The van der Waals surface area contributed by atoms with Gasteiger partial charge in [0, 0.05) is 35.5 Å². The van der Waals surface area contributed by atoms with Crippen LogP contribution in [0.25, 0.3) is 0 Å². The van der Waals surface area contributed by atoms with Crippen molar-refractivity contribution in [2.45, 2.75) is 39.3 Å². The summed E-state index contributed by atoms with van der Waals surface area (Å²) in [4.78, 5) is 51.0. The van der Waals surface area contributed by atoms with Crippen molar-refractivity contribution in [3.63, 3.8) is 0 Å². The van der Waals surface area contributed by atoms with Gasteiger partial charge in [-0.3, -0.25) is 19.2 Å². The number of carbonyl (C=O) groups excluding carboxylic acids is 3. The molecule has 2 aromatic carbocycles. The van der Waals surface area contributed by atoms with E-state index in [0.29, 0.717) is 11.3 Å². The number of aryl methyl sites for hydroxylation is 1. The number of aromatic nitrogens is 2. The third-order valence-corrected chi connectivity index (χ3v) is 5.62. The maximum absolute atomic E-state index is 13.2. The highest BCUT2D eigenvalue weighted by molar-refractivity contribution is 6.06. The number of anilines is 2. The summed E-state index contributed by atoms with van der Waals surface area (Å²) in [6.45, 7) is 3.44. The van der Waals surface area contributed by atoms with Crippen LogP contribution in [0.3, 0.4) is 0 Å². The largest absolute Gasteiger partial charge is 0.326 e. The number of nitrogens with zero attached hydrogens (tertiary/aromatic N) is 3. The lowest BCUT2D eigenvalue weighted by Gasteiger charge is -2.22. The fourth-order valence-corrected chi connectivity index (χ4v) is 3.97. The molecule has 1 aromatic heterocycles. The van der Waals surface area contributed by atoms with Gasteiger partial charge >= 0.3 is 0 Å². The van der Waals surface area contributed by atoms with E-state index in [2.05, 4.69) is 10.4 Å². The lowest BCUT2D eigenvalue weighted by atomic mass is 10.1. The number of hydrogen-bond acceptors (Lipinski definition) is 5. The van der Waals surface area contributed by atoms with Crippen LogP contribution in [-0.4, -0.2) is 33.4 Å². The Morgan fingerprint density at radius 3 is 2.64 bits per heavy atom. The summed E-state index contributed by atoms with van der Waals surface area (Å²) in [6.07, 6.45) is 0.740. The Hall–Kier alpha value is -4.07. The zero-order valence-corrected chi connectivity index (χ0v) is 18.4. The molecular weight excluding hydrogens is 420 g/mol. The van der Waals surface area contributed by atoms with Crippen LogP contribution < -0.4 is 15.8 Å². The summed E-state index contributed by atoms with van der Waals surface area (Å²) < 4.78 is 1.13. The molecule has 1 aliphatic heterocycles. The number of fused-ring (bicyclic) bond motifs is 1. The topological polar surface area (TPSA) is 101 Å². The number of amides is 2. The molecule has 0 spiro atoms. The Kier molecular flexibility index (Phi) is 6.17. The number of para-hydroxylation sites is 1. The van der Waals surface area contributed by atoms with E-state index in [1.807, 2.05) is 31.2 Å². The third kappa shape index (κ3) is 4.74. The molecule has 0 saturated heterocycles. The molecule has 0 radical (unpaired) electrons. The molecule has 1 atom stereocenters. The Bertz CT molecular complexity index is 1300. The lowest BCUT2D eigenvalue weighted by molar-refractivity contribution is -0.116. The van der Waals surface area contributed by atoms with Crippen molar-refractivity contribution in [2.24, 2.45) is 0 Å². The van der Waals surface area contributed by atoms with Crippen molar-refractivity contribution >= 4 is 29.0 Å². The molecule has 2 amide bonds. The molecular formula is C25H24N4O4. The number of carbonyl (C=O) groups is 3. The van der Waals surface area contributed by atoms with E-state index in [9.17, 15) is 19.2 Å². The Morgan fingerprint density at radius 2 is 1.85 bits per heavy atom. The number of benzene rings is 2. The van der Waals surface area contributed by atoms with Crippen molar-refractivity contribution in [3.05, 3.63) is 87.8 Å². The molecule has 8 nitrogen and oxygen atoms in total. The molecule has 0 aliphatic carbocycles. The first-order chi connectivity index (χ1) is 15.8. The summed E-state index contributed by atoms with van der Waals surface area (Å²) >= 11 is 0. The number of ketones is 1. The first-order valence-electron chi connectivity index (χ1n) is 10.7. The standard InChI is InChI=1S/C25H24N4O4/c1-16-14-19-6-3-4-9-22(19)29(16)25(33)21-10-11-24(32)28(27-21)13-12-23(31)26-20-8-5-7-18(15-20)17(2)30/h3-11,15-16H,12-14H2,1-2H3,(H,26,31). The Morgan fingerprint density at radius 1 is 1.06 bits per heavy atom. The molecule has 2 heterocycles. The zero-order valence-electron chi connectivity index (χ0n) is 18.4. The molecule has 3 aromatic rings. The second kappa shape index (κ2) is 9.20. The molecule has 8 heteroatoms. The van der Waals surface area contributed by atoms with Crippen LogP contribution in [0, 0.1) is 0 Å². The van der Waals surface area contributed by atoms with E-state index in [-0.39, 0.29) is 42.3 Å². The van der Waals surface area contributed by atoms with Gasteiger partial charge in [-0.1, -0.05) is 30.3 Å². The van der Waals surface area contributed by atoms with Crippen molar-refractivity contribution in [3.8, 4) is 0 Å². The monoisotopic (exact) mass is 444 g/mol.